The van der Waals surface area contributed by atoms with Gasteiger partial charge in [0.2, 0.25) is 0 Å². The van der Waals surface area contributed by atoms with Gasteiger partial charge in [-0.25, -0.2) is 4.79 Å². The van der Waals surface area contributed by atoms with E-state index >= 15 is 0 Å². The lowest BCUT2D eigenvalue weighted by molar-refractivity contribution is 0.0256. The molecule has 0 bridgehead atoms. The second-order valence-corrected chi connectivity index (χ2v) is 7.92. The number of carbonyl (C=O) groups excluding carboxylic acids is 1. The van der Waals surface area contributed by atoms with Crippen LogP contribution in [-0.4, -0.2) is 67.3 Å². The van der Waals surface area contributed by atoms with Crippen molar-refractivity contribution in [2.45, 2.75) is 58.1 Å². The van der Waals surface area contributed by atoms with Gasteiger partial charge in [-0.05, 0) is 72.5 Å². The topological polar surface area (TPSA) is 44.8 Å². The summed E-state index contributed by atoms with van der Waals surface area (Å²) < 4.78 is 5.48. The van der Waals surface area contributed by atoms with Crippen LogP contribution in [0.5, 0.6) is 0 Å². The Bertz CT molecular complexity index is 367. The largest absolute Gasteiger partial charge is 0.444 e. The number of rotatable bonds is 3. The third kappa shape index (κ3) is 5.76. The molecule has 0 radical (unpaired) electrons. The monoisotopic (exact) mass is 311 g/mol. The molecule has 0 spiro atoms. The van der Waals surface area contributed by atoms with Crippen LogP contribution in [0.25, 0.3) is 0 Å². The minimum atomic E-state index is -0.407. The van der Waals surface area contributed by atoms with E-state index in [0.29, 0.717) is 6.04 Å². The summed E-state index contributed by atoms with van der Waals surface area (Å²) in [5.74, 6) is 0.787. The number of nitrogens with one attached hydrogen (secondary N) is 1. The lowest BCUT2D eigenvalue weighted by atomic mass is 10.1. The molecule has 2 fully saturated rings. The first-order chi connectivity index (χ1) is 10.3. The van der Waals surface area contributed by atoms with E-state index in [0.717, 1.165) is 44.8 Å². The fourth-order valence-corrected chi connectivity index (χ4v) is 3.34. The molecule has 1 amide bonds. The molecule has 2 heterocycles. The predicted octanol–water partition coefficient (Wildman–Crippen LogP) is 2.32. The second-order valence-electron chi connectivity index (χ2n) is 7.92. The molecule has 22 heavy (non-hydrogen) atoms. The van der Waals surface area contributed by atoms with Crippen LogP contribution in [0.3, 0.4) is 0 Å². The number of amides is 1. The van der Waals surface area contributed by atoms with E-state index in [9.17, 15) is 4.79 Å². The summed E-state index contributed by atoms with van der Waals surface area (Å²) in [5.41, 5.74) is -0.407. The van der Waals surface area contributed by atoms with Crippen molar-refractivity contribution >= 4 is 6.09 Å². The standard InChI is InChI=1S/C17H33N3O2/c1-17(2,3)22-16(21)20-9-5-6-15(8-11-20)18-12-14-7-10-19(4)13-14/h14-15,18H,5-13H2,1-4H3. The van der Waals surface area contributed by atoms with Crippen LogP contribution >= 0.6 is 0 Å². The van der Waals surface area contributed by atoms with Gasteiger partial charge in [-0.3, -0.25) is 0 Å². The van der Waals surface area contributed by atoms with Crippen LogP contribution in [0.15, 0.2) is 0 Å². The maximum Gasteiger partial charge on any atom is 0.410 e. The molecule has 2 aliphatic heterocycles. The van der Waals surface area contributed by atoms with Gasteiger partial charge in [0.1, 0.15) is 5.60 Å². The van der Waals surface area contributed by atoms with Gasteiger partial charge in [0.15, 0.2) is 0 Å². The number of nitrogens with zero attached hydrogens (tertiary/aromatic N) is 2. The maximum atomic E-state index is 12.2. The van der Waals surface area contributed by atoms with Crippen molar-refractivity contribution in [2.24, 2.45) is 5.92 Å². The quantitative estimate of drug-likeness (QED) is 0.869. The van der Waals surface area contributed by atoms with Crippen molar-refractivity contribution in [3.63, 3.8) is 0 Å². The highest BCUT2D eigenvalue weighted by molar-refractivity contribution is 5.68. The van der Waals surface area contributed by atoms with Gasteiger partial charge < -0.3 is 19.9 Å². The summed E-state index contributed by atoms with van der Waals surface area (Å²) >= 11 is 0. The van der Waals surface area contributed by atoms with E-state index in [2.05, 4.69) is 17.3 Å². The molecule has 2 saturated heterocycles. The summed E-state index contributed by atoms with van der Waals surface area (Å²) in [5, 5.41) is 3.73. The normalized spacial score (nSPS) is 27.7. The van der Waals surface area contributed by atoms with E-state index in [1.807, 2.05) is 25.7 Å². The van der Waals surface area contributed by atoms with Gasteiger partial charge in [-0.2, -0.15) is 0 Å². The third-order valence-electron chi connectivity index (χ3n) is 4.56. The van der Waals surface area contributed by atoms with Gasteiger partial charge in [0, 0.05) is 25.7 Å². The number of likely N-dealkylation sites (tertiary alicyclic amines) is 2. The Labute approximate surface area is 135 Å². The molecule has 2 aliphatic rings. The van der Waals surface area contributed by atoms with Crippen molar-refractivity contribution in [3.8, 4) is 0 Å². The maximum absolute atomic E-state index is 12.2. The zero-order chi connectivity index (χ0) is 16.2. The summed E-state index contributed by atoms with van der Waals surface area (Å²) in [6.07, 6.45) is 4.39. The van der Waals surface area contributed by atoms with E-state index in [1.165, 1.54) is 19.5 Å². The van der Waals surface area contributed by atoms with Crippen LogP contribution in [0.1, 0.15) is 46.5 Å². The first kappa shape index (κ1) is 17.5. The fourth-order valence-electron chi connectivity index (χ4n) is 3.34. The highest BCUT2D eigenvalue weighted by Gasteiger charge is 2.26. The molecular formula is C17H33N3O2. The van der Waals surface area contributed by atoms with Crippen LogP contribution < -0.4 is 5.32 Å². The van der Waals surface area contributed by atoms with Crippen molar-refractivity contribution in [1.82, 2.24) is 15.1 Å². The number of carbonyl (C=O) groups is 1. The van der Waals surface area contributed by atoms with Crippen LogP contribution in [0, 0.1) is 5.92 Å². The summed E-state index contributed by atoms with van der Waals surface area (Å²) in [4.78, 5) is 16.4. The molecule has 5 heteroatoms. The summed E-state index contributed by atoms with van der Waals surface area (Å²) in [6.45, 7) is 10.9. The lowest BCUT2D eigenvalue weighted by Crippen LogP contribution is -2.38. The molecule has 0 saturated carbocycles. The highest BCUT2D eigenvalue weighted by Crippen LogP contribution is 2.17. The second kappa shape index (κ2) is 7.64. The van der Waals surface area contributed by atoms with Crippen molar-refractivity contribution < 1.29 is 9.53 Å². The number of ether oxygens (including phenoxy) is 1. The Morgan fingerprint density at radius 3 is 2.59 bits per heavy atom. The first-order valence-corrected chi connectivity index (χ1v) is 8.73. The Morgan fingerprint density at radius 1 is 1.18 bits per heavy atom. The third-order valence-corrected chi connectivity index (χ3v) is 4.56. The van der Waals surface area contributed by atoms with E-state index in [1.54, 1.807) is 0 Å². The van der Waals surface area contributed by atoms with Gasteiger partial charge in [-0.15, -0.1) is 0 Å². The average Bonchev–Trinajstić information content (AvgIpc) is 2.69. The number of hydrogen-bond donors (Lipinski definition) is 1. The Morgan fingerprint density at radius 2 is 1.95 bits per heavy atom. The van der Waals surface area contributed by atoms with Crippen LogP contribution in [-0.2, 0) is 4.74 Å². The smallest absolute Gasteiger partial charge is 0.410 e. The van der Waals surface area contributed by atoms with Crippen LogP contribution in [0.2, 0.25) is 0 Å². The van der Waals surface area contributed by atoms with Crippen molar-refractivity contribution in [2.75, 3.05) is 39.8 Å². The molecule has 0 aromatic carbocycles. The molecule has 0 aromatic heterocycles. The predicted molar refractivity (Wildman–Crippen MR) is 89.1 cm³/mol. The van der Waals surface area contributed by atoms with Gasteiger partial charge in [-0.1, -0.05) is 0 Å². The van der Waals surface area contributed by atoms with E-state index in [4.69, 9.17) is 4.74 Å². The zero-order valence-corrected chi connectivity index (χ0v) is 14.7. The highest BCUT2D eigenvalue weighted by atomic mass is 16.6. The van der Waals surface area contributed by atoms with Crippen LogP contribution in [0.4, 0.5) is 4.79 Å². The van der Waals surface area contributed by atoms with Crippen molar-refractivity contribution in [3.05, 3.63) is 0 Å². The molecule has 1 N–H and O–H groups in total. The molecule has 2 rings (SSSR count). The van der Waals surface area contributed by atoms with Gasteiger partial charge in [0.25, 0.3) is 0 Å². The van der Waals surface area contributed by atoms with E-state index < -0.39 is 5.60 Å². The Hall–Kier alpha value is -0.810. The molecule has 5 nitrogen and oxygen atoms in total. The van der Waals surface area contributed by atoms with Crippen molar-refractivity contribution in [1.29, 1.82) is 0 Å². The van der Waals surface area contributed by atoms with Gasteiger partial charge in [0.05, 0.1) is 0 Å². The van der Waals surface area contributed by atoms with Gasteiger partial charge >= 0.3 is 6.09 Å². The van der Waals surface area contributed by atoms with E-state index in [-0.39, 0.29) is 6.09 Å². The molecule has 0 aromatic rings. The average molecular weight is 311 g/mol. The number of hydrogen-bond acceptors (Lipinski definition) is 4. The molecule has 0 aliphatic carbocycles. The lowest BCUT2D eigenvalue weighted by Gasteiger charge is -2.26. The Balaban J connectivity index is 1.71. The Kier molecular flexibility index (Phi) is 6.09. The minimum Gasteiger partial charge on any atom is -0.444 e. The fraction of sp³-hybridized carbons (Fsp3) is 0.941. The SMILES string of the molecule is CN1CCC(CNC2CCCN(C(=O)OC(C)(C)C)CC2)C1. The molecule has 2 atom stereocenters. The molecule has 2 unspecified atom stereocenters. The summed E-state index contributed by atoms with van der Waals surface area (Å²) in [6, 6.07) is 0.540. The first-order valence-electron chi connectivity index (χ1n) is 8.73. The zero-order valence-electron chi connectivity index (χ0n) is 14.7. The minimum absolute atomic E-state index is 0.162. The molecule has 128 valence electrons. The molecular weight excluding hydrogens is 278 g/mol. The summed E-state index contributed by atoms with van der Waals surface area (Å²) in [7, 11) is 2.20.